The van der Waals surface area contributed by atoms with Crippen molar-refractivity contribution in [3.05, 3.63) is 76.8 Å². The predicted molar refractivity (Wildman–Crippen MR) is 110 cm³/mol. The Bertz CT molecular complexity index is 1170. The van der Waals surface area contributed by atoms with Crippen LogP contribution in [0.2, 0.25) is 0 Å². The summed E-state index contributed by atoms with van der Waals surface area (Å²) >= 11 is 0. The average Bonchev–Trinajstić information content (AvgIpc) is 3.00. The van der Waals surface area contributed by atoms with Crippen LogP contribution >= 0.6 is 0 Å². The van der Waals surface area contributed by atoms with E-state index in [1.165, 1.54) is 0 Å². The molecule has 0 unspecified atom stereocenters. The average molecular weight is 375 g/mol. The minimum Gasteiger partial charge on any atom is -0.491 e. The zero-order valence-corrected chi connectivity index (χ0v) is 16.0. The van der Waals surface area contributed by atoms with Gasteiger partial charge in [-0.1, -0.05) is 30.3 Å². The van der Waals surface area contributed by atoms with Crippen molar-refractivity contribution < 1.29 is 13.6 Å². The van der Waals surface area contributed by atoms with Crippen LogP contribution in [0.4, 0.5) is 11.6 Å². The summed E-state index contributed by atoms with van der Waals surface area (Å²) in [7, 11) is 0. The molecule has 2 aromatic heterocycles. The number of hydrogen-bond donors (Lipinski definition) is 1. The Morgan fingerprint density at radius 1 is 0.964 bits per heavy atom. The molecule has 0 aliphatic rings. The topological polar surface area (TPSA) is 64.6 Å². The molecule has 0 amide bonds. The van der Waals surface area contributed by atoms with Crippen molar-refractivity contribution in [3.63, 3.8) is 0 Å². The van der Waals surface area contributed by atoms with Crippen molar-refractivity contribution >= 4 is 22.5 Å². The van der Waals surface area contributed by atoms with Crippen molar-refractivity contribution in [2.45, 2.75) is 26.9 Å². The highest BCUT2D eigenvalue weighted by molar-refractivity contribution is 6.00. The van der Waals surface area contributed by atoms with Gasteiger partial charge in [-0.2, -0.15) is 0 Å². The first-order chi connectivity index (χ1) is 13.5. The largest absolute Gasteiger partial charge is 0.491 e. The maximum absolute atomic E-state index is 12.6. The smallest absolute Gasteiger partial charge is 0.347 e. The molecule has 2 heterocycles. The van der Waals surface area contributed by atoms with Crippen LogP contribution in [0.1, 0.15) is 19.6 Å². The van der Waals surface area contributed by atoms with Crippen LogP contribution in [0.5, 0.6) is 5.75 Å². The maximum Gasteiger partial charge on any atom is 0.347 e. The lowest BCUT2D eigenvalue weighted by molar-refractivity contribution is 0.242. The van der Waals surface area contributed by atoms with Crippen LogP contribution in [0, 0.1) is 6.92 Å². The van der Waals surface area contributed by atoms with E-state index in [9.17, 15) is 4.79 Å². The third kappa shape index (κ3) is 3.51. The molecule has 142 valence electrons. The van der Waals surface area contributed by atoms with E-state index >= 15 is 0 Å². The van der Waals surface area contributed by atoms with Gasteiger partial charge in [0.05, 0.1) is 11.7 Å². The molecule has 0 saturated carbocycles. The molecule has 0 saturated heterocycles. The van der Waals surface area contributed by atoms with E-state index in [1.54, 1.807) is 13.0 Å². The fraction of sp³-hybridized carbons (Fsp3) is 0.174. The minimum atomic E-state index is -0.426. The van der Waals surface area contributed by atoms with Gasteiger partial charge < -0.3 is 18.9 Å². The first kappa shape index (κ1) is 17.9. The lowest BCUT2D eigenvalue weighted by atomic mass is 10.0. The molecule has 1 N–H and O–H groups in total. The molecule has 0 aliphatic heterocycles. The number of aryl methyl sites for hydroxylation is 1. The van der Waals surface area contributed by atoms with Crippen LogP contribution in [0.25, 0.3) is 22.1 Å². The molecular weight excluding hydrogens is 354 g/mol. The van der Waals surface area contributed by atoms with Crippen LogP contribution in [-0.4, -0.2) is 6.10 Å². The second-order valence-corrected chi connectivity index (χ2v) is 6.88. The van der Waals surface area contributed by atoms with Crippen LogP contribution in [-0.2, 0) is 0 Å². The third-order valence-corrected chi connectivity index (χ3v) is 4.25. The fourth-order valence-corrected chi connectivity index (χ4v) is 3.18. The summed E-state index contributed by atoms with van der Waals surface area (Å²) < 4.78 is 17.2. The van der Waals surface area contributed by atoms with E-state index in [4.69, 9.17) is 13.6 Å². The number of furan rings is 1. The molecule has 28 heavy (non-hydrogen) atoms. The molecule has 0 atom stereocenters. The molecule has 0 fully saturated rings. The summed E-state index contributed by atoms with van der Waals surface area (Å²) in [6, 6.07) is 19.0. The Balaban J connectivity index is 1.92. The zero-order chi connectivity index (χ0) is 19.7. The minimum absolute atomic E-state index is 0.0472. The van der Waals surface area contributed by atoms with Gasteiger partial charge in [0.1, 0.15) is 22.5 Å². The van der Waals surface area contributed by atoms with E-state index in [2.05, 4.69) is 5.32 Å². The summed E-state index contributed by atoms with van der Waals surface area (Å²) in [6.45, 7) is 5.67. The molecule has 0 radical (unpaired) electrons. The Labute approximate surface area is 162 Å². The number of benzene rings is 2. The third-order valence-electron chi connectivity index (χ3n) is 4.25. The van der Waals surface area contributed by atoms with Gasteiger partial charge in [-0.15, -0.1) is 0 Å². The van der Waals surface area contributed by atoms with Crippen LogP contribution in [0.3, 0.4) is 0 Å². The van der Waals surface area contributed by atoms with Gasteiger partial charge in [0.15, 0.2) is 0 Å². The van der Waals surface area contributed by atoms with E-state index in [0.29, 0.717) is 28.2 Å². The summed E-state index contributed by atoms with van der Waals surface area (Å²) in [6.07, 6.45) is 0.0472. The molecule has 0 bridgehead atoms. The number of nitrogens with one attached hydrogen (secondary N) is 1. The SMILES string of the molecule is Cc1cc2oc(Nc3ccccc3)c(-c3cccc(OC(C)C)c3)c2c(=O)o1. The Morgan fingerprint density at radius 3 is 2.50 bits per heavy atom. The van der Waals surface area contributed by atoms with E-state index in [0.717, 1.165) is 17.0 Å². The summed E-state index contributed by atoms with van der Waals surface area (Å²) in [5, 5.41) is 3.69. The number of fused-ring (bicyclic) bond motifs is 1. The second-order valence-electron chi connectivity index (χ2n) is 6.88. The van der Waals surface area contributed by atoms with E-state index in [-0.39, 0.29) is 6.10 Å². The van der Waals surface area contributed by atoms with Gasteiger partial charge in [0, 0.05) is 11.8 Å². The second kappa shape index (κ2) is 7.27. The van der Waals surface area contributed by atoms with Crippen molar-refractivity contribution in [1.82, 2.24) is 0 Å². The molecule has 0 aliphatic carbocycles. The standard InChI is InChI=1S/C23H21NO4/c1-14(2)26-18-11-7-8-16(13-18)20-21-19(12-15(3)27-23(21)25)28-22(20)24-17-9-5-4-6-10-17/h4-14,24H,1-3H3. The quantitative estimate of drug-likeness (QED) is 0.471. The monoisotopic (exact) mass is 375 g/mol. The van der Waals surface area contributed by atoms with E-state index in [1.807, 2.05) is 68.4 Å². The van der Waals surface area contributed by atoms with Gasteiger partial charge in [0.2, 0.25) is 5.88 Å². The first-order valence-electron chi connectivity index (χ1n) is 9.17. The molecule has 4 rings (SSSR count). The molecule has 4 aromatic rings. The van der Waals surface area contributed by atoms with Crippen LogP contribution in [0.15, 0.2) is 74.3 Å². The van der Waals surface area contributed by atoms with Gasteiger partial charge in [-0.25, -0.2) is 4.79 Å². The highest BCUT2D eigenvalue weighted by atomic mass is 16.5. The molecule has 0 spiro atoms. The number of anilines is 2. The molecule has 5 heteroatoms. The maximum atomic E-state index is 12.6. The number of hydrogen-bond acceptors (Lipinski definition) is 5. The van der Waals surface area contributed by atoms with Crippen molar-refractivity contribution in [2.24, 2.45) is 0 Å². The predicted octanol–water partition coefficient (Wildman–Crippen LogP) is 5.89. The Kier molecular flexibility index (Phi) is 4.65. The van der Waals surface area contributed by atoms with Gasteiger partial charge in [0.25, 0.3) is 0 Å². The van der Waals surface area contributed by atoms with Crippen molar-refractivity contribution in [2.75, 3.05) is 5.32 Å². The summed E-state index contributed by atoms with van der Waals surface area (Å²) in [5.41, 5.74) is 2.38. The lowest BCUT2D eigenvalue weighted by Crippen LogP contribution is -2.05. The van der Waals surface area contributed by atoms with E-state index < -0.39 is 5.63 Å². The van der Waals surface area contributed by atoms with Crippen molar-refractivity contribution in [3.8, 4) is 16.9 Å². The Morgan fingerprint density at radius 2 is 1.75 bits per heavy atom. The lowest BCUT2D eigenvalue weighted by Gasteiger charge is -2.11. The van der Waals surface area contributed by atoms with Gasteiger partial charge >= 0.3 is 5.63 Å². The number of para-hydroxylation sites is 1. The first-order valence-corrected chi connectivity index (χ1v) is 9.17. The summed E-state index contributed by atoms with van der Waals surface area (Å²) in [4.78, 5) is 12.6. The number of ether oxygens (including phenoxy) is 1. The van der Waals surface area contributed by atoms with Gasteiger partial charge in [-0.3, -0.25) is 0 Å². The van der Waals surface area contributed by atoms with Gasteiger partial charge in [-0.05, 0) is 50.6 Å². The molecular formula is C23H21NO4. The number of rotatable bonds is 5. The molecule has 5 nitrogen and oxygen atoms in total. The van der Waals surface area contributed by atoms with Crippen molar-refractivity contribution in [1.29, 1.82) is 0 Å². The molecule has 2 aromatic carbocycles. The normalized spacial score (nSPS) is 11.1. The highest BCUT2D eigenvalue weighted by Crippen LogP contribution is 2.39. The van der Waals surface area contributed by atoms with Crippen LogP contribution < -0.4 is 15.7 Å². The summed E-state index contributed by atoms with van der Waals surface area (Å²) in [5.74, 6) is 1.71. The highest BCUT2D eigenvalue weighted by Gasteiger charge is 2.21. The zero-order valence-electron chi connectivity index (χ0n) is 16.0. The fourth-order valence-electron chi connectivity index (χ4n) is 3.18. The Hall–Kier alpha value is -3.47.